The molecule has 2 N–H and O–H groups in total. The van der Waals surface area contributed by atoms with E-state index in [2.05, 4.69) is 71.8 Å². The molecule has 0 aliphatic carbocycles. The highest BCUT2D eigenvalue weighted by atomic mass is 79.9. The van der Waals surface area contributed by atoms with Crippen LogP contribution in [-0.4, -0.2) is 8.32 Å². The van der Waals surface area contributed by atoms with E-state index in [0.29, 0.717) is 13.2 Å². The fraction of sp³-hybridized carbons (Fsp3) is 0.571. The van der Waals surface area contributed by atoms with Gasteiger partial charge in [0.15, 0.2) is 8.32 Å². The fourth-order valence-corrected chi connectivity index (χ4v) is 3.75. The van der Waals surface area contributed by atoms with Gasteiger partial charge >= 0.3 is 0 Å². The Morgan fingerprint density at radius 2 is 1.79 bits per heavy atom. The first kappa shape index (κ1) is 17.4. The summed E-state index contributed by atoms with van der Waals surface area (Å²) in [7, 11) is -1.72. The third-order valence-electron chi connectivity index (χ3n) is 3.86. The van der Waals surface area contributed by atoms with Crippen molar-refractivity contribution in [3.63, 3.8) is 0 Å². The standard InChI is InChI=1S/C14H23Br2NOSi/c1-14(2,3)19(4,5)18-9-10-6-7-12(15)11(8-17)13(10)16/h6-7H,8-9,17H2,1-5H3. The van der Waals surface area contributed by atoms with Gasteiger partial charge in [0.05, 0.1) is 6.61 Å². The van der Waals surface area contributed by atoms with Crippen LogP contribution < -0.4 is 5.73 Å². The van der Waals surface area contributed by atoms with Gasteiger partial charge in [0.1, 0.15) is 0 Å². The van der Waals surface area contributed by atoms with Crippen molar-refractivity contribution >= 4 is 40.2 Å². The predicted octanol–water partition coefficient (Wildman–Crippen LogP) is 5.19. The molecule has 1 aromatic rings. The van der Waals surface area contributed by atoms with Gasteiger partial charge in [-0.2, -0.15) is 0 Å². The summed E-state index contributed by atoms with van der Waals surface area (Å²) < 4.78 is 8.35. The van der Waals surface area contributed by atoms with E-state index in [1.54, 1.807) is 0 Å². The molecule has 0 amide bonds. The van der Waals surface area contributed by atoms with E-state index in [1.165, 1.54) is 0 Å². The summed E-state index contributed by atoms with van der Waals surface area (Å²) in [6, 6.07) is 4.12. The molecule has 0 spiro atoms. The molecule has 0 aliphatic rings. The highest BCUT2D eigenvalue weighted by Crippen LogP contribution is 2.38. The van der Waals surface area contributed by atoms with E-state index < -0.39 is 8.32 Å². The van der Waals surface area contributed by atoms with Crippen LogP contribution in [0.15, 0.2) is 21.1 Å². The molecule has 0 fully saturated rings. The minimum Gasteiger partial charge on any atom is -0.413 e. The van der Waals surface area contributed by atoms with E-state index in [1.807, 2.05) is 6.07 Å². The van der Waals surface area contributed by atoms with Crippen molar-refractivity contribution in [1.29, 1.82) is 0 Å². The molecule has 1 rings (SSSR count). The van der Waals surface area contributed by atoms with E-state index in [0.717, 1.165) is 20.1 Å². The Balaban J connectivity index is 2.91. The lowest BCUT2D eigenvalue weighted by Crippen LogP contribution is -2.40. The van der Waals surface area contributed by atoms with Crippen molar-refractivity contribution in [3.8, 4) is 0 Å². The molecule has 1 aromatic carbocycles. The molecule has 0 radical (unpaired) electrons. The van der Waals surface area contributed by atoms with Gasteiger partial charge in [-0.05, 0) is 35.3 Å². The average molecular weight is 409 g/mol. The summed E-state index contributed by atoms with van der Waals surface area (Å²) >= 11 is 7.16. The van der Waals surface area contributed by atoms with Crippen molar-refractivity contribution in [2.75, 3.05) is 0 Å². The SMILES string of the molecule is CC(C)(C)[Si](C)(C)OCc1ccc(Br)c(CN)c1Br. The van der Waals surface area contributed by atoms with Crippen molar-refractivity contribution < 1.29 is 4.43 Å². The normalized spacial score (nSPS) is 12.8. The zero-order valence-electron chi connectivity index (χ0n) is 12.3. The van der Waals surface area contributed by atoms with Gasteiger partial charge in [0.25, 0.3) is 0 Å². The Morgan fingerprint density at radius 1 is 1.21 bits per heavy atom. The number of hydrogen-bond donors (Lipinski definition) is 1. The second-order valence-corrected chi connectivity index (χ2v) is 12.7. The number of rotatable bonds is 4. The Bertz CT molecular complexity index is 455. The zero-order chi connectivity index (χ0) is 14.8. The Hall–Kier alpha value is 0.317. The second-order valence-electron chi connectivity index (χ2n) is 6.25. The van der Waals surface area contributed by atoms with Crippen LogP contribution in [0.1, 0.15) is 31.9 Å². The van der Waals surface area contributed by atoms with Crippen LogP contribution in [0.4, 0.5) is 0 Å². The Labute approximate surface area is 134 Å². The average Bonchev–Trinajstić information content (AvgIpc) is 2.27. The fourth-order valence-electron chi connectivity index (χ4n) is 1.42. The van der Waals surface area contributed by atoms with Crippen LogP contribution in [0.25, 0.3) is 0 Å². The van der Waals surface area contributed by atoms with Crippen molar-refractivity contribution in [2.45, 2.75) is 52.1 Å². The predicted molar refractivity (Wildman–Crippen MR) is 91.7 cm³/mol. The molecule has 0 saturated carbocycles. The van der Waals surface area contributed by atoms with E-state index >= 15 is 0 Å². The maximum atomic E-state index is 6.25. The number of halogens is 2. The minimum atomic E-state index is -1.72. The lowest BCUT2D eigenvalue weighted by molar-refractivity contribution is 0.275. The monoisotopic (exact) mass is 407 g/mol. The van der Waals surface area contributed by atoms with Gasteiger partial charge in [0.2, 0.25) is 0 Å². The van der Waals surface area contributed by atoms with Crippen LogP contribution in [0.5, 0.6) is 0 Å². The lowest BCUT2D eigenvalue weighted by atomic mass is 10.1. The Morgan fingerprint density at radius 3 is 2.26 bits per heavy atom. The summed E-state index contributed by atoms with van der Waals surface area (Å²) in [5, 5.41) is 0.228. The first-order chi connectivity index (χ1) is 8.60. The summed E-state index contributed by atoms with van der Waals surface area (Å²) in [5.41, 5.74) is 8.03. The van der Waals surface area contributed by atoms with Gasteiger partial charge in [0, 0.05) is 15.5 Å². The van der Waals surface area contributed by atoms with Crippen LogP contribution >= 0.6 is 31.9 Å². The molecule has 19 heavy (non-hydrogen) atoms. The maximum Gasteiger partial charge on any atom is 0.192 e. The largest absolute Gasteiger partial charge is 0.413 e. The second kappa shape index (κ2) is 6.39. The van der Waals surface area contributed by atoms with Crippen molar-refractivity contribution in [1.82, 2.24) is 0 Å². The third kappa shape index (κ3) is 4.14. The Kier molecular flexibility index (Phi) is 5.84. The van der Waals surface area contributed by atoms with Crippen molar-refractivity contribution in [3.05, 3.63) is 32.2 Å². The van der Waals surface area contributed by atoms with Gasteiger partial charge in [-0.1, -0.05) is 58.7 Å². The van der Waals surface area contributed by atoms with E-state index in [-0.39, 0.29) is 5.04 Å². The highest BCUT2D eigenvalue weighted by Gasteiger charge is 2.37. The number of benzene rings is 1. The molecular formula is C14H23Br2NOSi. The topological polar surface area (TPSA) is 35.2 Å². The molecule has 108 valence electrons. The summed E-state index contributed by atoms with van der Waals surface area (Å²) in [5.74, 6) is 0. The molecule has 5 heteroatoms. The molecule has 0 unspecified atom stereocenters. The molecule has 0 atom stereocenters. The van der Waals surface area contributed by atoms with E-state index in [4.69, 9.17) is 10.2 Å². The molecule has 0 aromatic heterocycles. The minimum absolute atomic E-state index is 0.228. The first-order valence-electron chi connectivity index (χ1n) is 6.40. The summed E-state index contributed by atoms with van der Waals surface area (Å²) in [4.78, 5) is 0. The third-order valence-corrected chi connectivity index (χ3v) is 10.1. The van der Waals surface area contributed by atoms with Gasteiger partial charge in [-0.3, -0.25) is 0 Å². The lowest BCUT2D eigenvalue weighted by Gasteiger charge is -2.36. The summed E-state index contributed by atoms with van der Waals surface area (Å²) in [6.45, 7) is 12.4. The molecule has 0 saturated heterocycles. The molecule has 0 heterocycles. The van der Waals surface area contributed by atoms with Gasteiger partial charge in [-0.25, -0.2) is 0 Å². The first-order valence-corrected chi connectivity index (χ1v) is 10.9. The molecule has 0 aliphatic heterocycles. The zero-order valence-corrected chi connectivity index (χ0v) is 16.5. The molecular weight excluding hydrogens is 386 g/mol. The van der Waals surface area contributed by atoms with Crippen LogP contribution in [-0.2, 0) is 17.6 Å². The molecule has 2 nitrogen and oxygen atoms in total. The number of nitrogens with two attached hydrogens (primary N) is 1. The van der Waals surface area contributed by atoms with Gasteiger partial charge < -0.3 is 10.2 Å². The van der Waals surface area contributed by atoms with Crippen molar-refractivity contribution in [2.24, 2.45) is 5.73 Å². The molecule has 0 bridgehead atoms. The van der Waals surface area contributed by atoms with Crippen LogP contribution in [0.2, 0.25) is 18.1 Å². The van der Waals surface area contributed by atoms with Gasteiger partial charge in [-0.15, -0.1) is 0 Å². The number of hydrogen-bond acceptors (Lipinski definition) is 2. The highest BCUT2D eigenvalue weighted by molar-refractivity contribution is 9.11. The smallest absolute Gasteiger partial charge is 0.192 e. The summed E-state index contributed by atoms with van der Waals surface area (Å²) in [6.07, 6.45) is 0. The van der Waals surface area contributed by atoms with Crippen LogP contribution in [0, 0.1) is 0 Å². The van der Waals surface area contributed by atoms with E-state index in [9.17, 15) is 0 Å². The maximum absolute atomic E-state index is 6.25. The quantitative estimate of drug-likeness (QED) is 0.695. The van der Waals surface area contributed by atoms with Crippen LogP contribution in [0.3, 0.4) is 0 Å².